The van der Waals surface area contributed by atoms with Crippen LogP contribution in [-0.4, -0.2) is 41.6 Å². The molecule has 0 aliphatic rings. The van der Waals surface area contributed by atoms with Crippen molar-refractivity contribution in [2.24, 2.45) is 10.7 Å². The van der Waals surface area contributed by atoms with Gasteiger partial charge in [0.05, 0.1) is 45.9 Å². The van der Waals surface area contributed by atoms with Crippen LogP contribution < -0.4 is 15.2 Å². The van der Waals surface area contributed by atoms with Gasteiger partial charge in [-0.3, -0.25) is 24.7 Å². The summed E-state index contributed by atoms with van der Waals surface area (Å²) in [6.07, 6.45) is 11.0. The number of nitrogens with one attached hydrogen (secondary N) is 1. The molecule has 0 bridgehead atoms. The fourth-order valence-electron chi connectivity index (χ4n) is 3.76. The van der Waals surface area contributed by atoms with E-state index in [1.54, 1.807) is 68.4 Å². The summed E-state index contributed by atoms with van der Waals surface area (Å²) >= 11 is 0. The van der Waals surface area contributed by atoms with E-state index in [1.807, 2.05) is 18.2 Å². The Labute approximate surface area is 225 Å². The summed E-state index contributed by atoms with van der Waals surface area (Å²) in [5, 5.41) is 0. The Morgan fingerprint density at radius 3 is 2.51 bits per heavy atom. The van der Waals surface area contributed by atoms with Crippen molar-refractivity contribution in [2.45, 2.75) is 4.90 Å². The van der Waals surface area contributed by atoms with E-state index >= 15 is 0 Å². The number of ether oxygens (including phenoxy) is 1. The molecule has 3 heterocycles. The maximum Gasteiger partial charge on any atom is 0.261 e. The van der Waals surface area contributed by atoms with E-state index < -0.39 is 10.0 Å². The summed E-state index contributed by atoms with van der Waals surface area (Å²) in [6.45, 7) is 0. The van der Waals surface area contributed by atoms with Crippen molar-refractivity contribution >= 4 is 38.5 Å². The van der Waals surface area contributed by atoms with Gasteiger partial charge in [0, 0.05) is 43.0 Å². The van der Waals surface area contributed by atoms with E-state index in [1.165, 1.54) is 24.5 Å². The zero-order valence-corrected chi connectivity index (χ0v) is 21.6. The van der Waals surface area contributed by atoms with Crippen molar-refractivity contribution < 1.29 is 13.2 Å². The molecule has 0 aliphatic heterocycles. The molecule has 0 saturated carbocycles. The van der Waals surface area contributed by atoms with Crippen molar-refractivity contribution in [3.05, 3.63) is 104 Å². The van der Waals surface area contributed by atoms with Gasteiger partial charge in [0.15, 0.2) is 0 Å². The molecule has 2 aromatic carbocycles. The standard InChI is InChI=1S/C28H23N7O3S/c1-30-14-21(13-29)28-18-33-26-9-4-19(12-27(26)34-28)20-11-22(16-32-15-20)35-39(36,37)25-7-5-23(6-8-25)38-24-3-2-10-31-17-24/h2-18,35H,29H2,1H3/b21-13+,30-14?. The number of allylic oxidation sites excluding steroid dienone is 1. The maximum absolute atomic E-state index is 13.0. The largest absolute Gasteiger partial charge is 0.456 e. The van der Waals surface area contributed by atoms with Gasteiger partial charge in [-0.05, 0) is 60.2 Å². The zero-order valence-electron chi connectivity index (χ0n) is 20.8. The first-order chi connectivity index (χ1) is 18.9. The van der Waals surface area contributed by atoms with Crippen molar-refractivity contribution in [2.75, 3.05) is 11.8 Å². The number of sulfonamides is 1. The highest BCUT2D eigenvalue weighted by atomic mass is 32.2. The third-order valence-corrected chi connectivity index (χ3v) is 7.01. The second-order valence-electron chi connectivity index (χ2n) is 8.30. The molecule has 5 aromatic rings. The van der Waals surface area contributed by atoms with Crippen LogP contribution in [0.25, 0.3) is 27.7 Å². The number of aromatic nitrogens is 4. The second-order valence-corrected chi connectivity index (χ2v) is 9.98. The minimum Gasteiger partial charge on any atom is -0.456 e. The summed E-state index contributed by atoms with van der Waals surface area (Å²) in [7, 11) is -2.22. The quantitative estimate of drug-likeness (QED) is 0.271. The number of nitrogens with two attached hydrogens (primary N) is 1. The van der Waals surface area contributed by atoms with Crippen LogP contribution in [-0.2, 0) is 10.0 Å². The molecule has 3 N–H and O–H groups in total. The van der Waals surface area contributed by atoms with Gasteiger partial charge >= 0.3 is 0 Å². The van der Waals surface area contributed by atoms with Crippen LogP contribution in [0.4, 0.5) is 5.69 Å². The Balaban J connectivity index is 1.37. The maximum atomic E-state index is 13.0. The number of hydrogen-bond acceptors (Lipinski definition) is 9. The summed E-state index contributed by atoms with van der Waals surface area (Å²) in [4.78, 5) is 21.4. The molecule has 0 saturated heterocycles. The smallest absolute Gasteiger partial charge is 0.261 e. The Bertz CT molecular complexity index is 1790. The number of pyridine rings is 2. The molecule has 10 nitrogen and oxygen atoms in total. The Hall–Kier alpha value is -5.16. The molecule has 5 rings (SSSR count). The van der Waals surface area contributed by atoms with Crippen molar-refractivity contribution in [1.29, 1.82) is 0 Å². The molecule has 194 valence electrons. The van der Waals surface area contributed by atoms with E-state index in [0.29, 0.717) is 45.1 Å². The monoisotopic (exact) mass is 537 g/mol. The fraction of sp³-hybridized carbons (Fsp3) is 0.0357. The number of hydrogen-bond donors (Lipinski definition) is 2. The lowest BCUT2D eigenvalue weighted by molar-refractivity contribution is 0.480. The van der Waals surface area contributed by atoms with Crippen LogP contribution in [0.1, 0.15) is 5.69 Å². The highest BCUT2D eigenvalue weighted by Crippen LogP contribution is 2.27. The minimum absolute atomic E-state index is 0.0827. The topological polar surface area (TPSA) is 145 Å². The Morgan fingerprint density at radius 1 is 0.923 bits per heavy atom. The number of nitrogens with zero attached hydrogens (tertiary/aromatic N) is 5. The highest BCUT2D eigenvalue weighted by molar-refractivity contribution is 7.92. The summed E-state index contributed by atoms with van der Waals surface area (Å²) in [5.74, 6) is 1.04. The molecule has 0 aliphatic carbocycles. The molecule has 11 heteroatoms. The number of fused-ring (bicyclic) bond motifs is 1. The molecule has 0 unspecified atom stereocenters. The fourth-order valence-corrected chi connectivity index (χ4v) is 4.80. The molecule has 0 fully saturated rings. The molecule has 39 heavy (non-hydrogen) atoms. The van der Waals surface area contributed by atoms with Crippen molar-refractivity contribution in [3.8, 4) is 22.6 Å². The number of anilines is 1. The molecule has 0 radical (unpaired) electrons. The first-order valence-corrected chi connectivity index (χ1v) is 13.2. The van der Waals surface area contributed by atoms with Crippen LogP contribution in [0.3, 0.4) is 0 Å². The normalized spacial score (nSPS) is 12.1. The summed E-state index contributed by atoms with van der Waals surface area (Å²) in [5.41, 5.74) is 10.1. The van der Waals surface area contributed by atoms with Gasteiger partial charge < -0.3 is 10.5 Å². The van der Waals surface area contributed by atoms with Gasteiger partial charge in [-0.1, -0.05) is 6.07 Å². The van der Waals surface area contributed by atoms with Gasteiger partial charge in [0.1, 0.15) is 11.5 Å². The summed E-state index contributed by atoms with van der Waals surface area (Å²) in [6, 6.07) is 16.9. The zero-order chi connectivity index (χ0) is 27.2. The van der Waals surface area contributed by atoms with Gasteiger partial charge in [-0.15, -0.1) is 0 Å². The van der Waals surface area contributed by atoms with Crippen LogP contribution in [0.2, 0.25) is 0 Å². The van der Waals surface area contributed by atoms with E-state index in [-0.39, 0.29) is 4.90 Å². The van der Waals surface area contributed by atoms with Crippen LogP contribution in [0, 0.1) is 0 Å². The molecule has 3 aromatic heterocycles. The molecule has 0 atom stereocenters. The minimum atomic E-state index is -3.87. The van der Waals surface area contributed by atoms with Gasteiger partial charge in [0.2, 0.25) is 0 Å². The molecule has 0 spiro atoms. The van der Waals surface area contributed by atoms with Crippen LogP contribution >= 0.6 is 0 Å². The molecule has 0 amide bonds. The van der Waals surface area contributed by atoms with E-state index in [2.05, 4.69) is 29.7 Å². The number of benzene rings is 2. The van der Waals surface area contributed by atoms with Gasteiger partial charge in [-0.2, -0.15) is 0 Å². The second kappa shape index (κ2) is 11.1. The van der Waals surface area contributed by atoms with E-state index in [4.69, 9.17) is 10.5 Å². The summed E-state index contributed by atoms with van der Waals surface area (Å²) < 4.78 is 34.4. The van der Waals surface area contributed by atoms with Crippen LogP contribution in [0.15, 0.2) is 108 Å². The van der Waals surface area contributed by atoms with E-state index in [0.717, 1.165) is 5.56 Å². The highest BCUT2D eigenvalue weighted by Gasteiger charge is 2.15. The Kier molecular flexibility index (Phi) is 7.23. The SMILES string of the molecule is CN=C/C(=C\N)c1cnc2ccc(-c3cncc(NS(=O)(=O)c4ccc(Oc5cccnc5)cc4)c3)cc2n1. The Morgan fingerprint density at radius 2 is 1.77 bits per heavy atom. The van der Waals surface area contributed by atoms with Gasteiger partial charge in [0.25, 0.3) is 10.0 Å². The molecular formula is C28H23N7O3S. The average Bonchev–Trinajstić information content (AvgIpc) is 2.96. The number of aliphatic imine (C=N–C) groups is 1. The number of rotatable bonds is 8. The third-order valence-electron chi connectivity index (χ3n) is 5.61. The predicted octanol–water partition coefficient (Wildman–Crippen LogP) is 4.68. The van der Waals surface area contributed by atoms with E-state index in [9.17, 15) is 8.42 Å². The lowest BCUT2D eigenvalue weighted by Gasteiger charge is -2.11. The predicted molar refractivity (Wildman–Crippen MR) is 151 cm³/mol. The first-order valence-electron chi connectivity index (χ1n) is 11.7. The lowest BCUT2D eigenvalue weighted by Crippen LogP contribution is -2.13. The third kappa shape index (κ3) is 5.89. The molecular weight excluding hydrogens is 514 g/mol. The van der Waals surface area contributed by atoms with Gasteiger partial charge in [-0.25, -0.2) is 13.4 Å². The van der Waals surface area contributed by atoms with Crippen molar-refractivity contribution in [1.82, 2.24) is 19.9 Å². The average molecular weight is 538 g/mol. The van der Waals surface area contributed by atoms with Crippen molar-refractivity contribution in [3.63, 3.8) is 0 Å². The lowest BCUT2D eigenvalue weighted by atomic mass is 10.1. The first kappa shape index (κ1) is 25.5. The van der Waals surface area contributed by atoms with Crippen LogP contribution in [0.5, 0.6) is 11.5 Å².